The predicted octanol–water partition coefficient (Wildman–Crippen LogP) is 2.97. The van der Waals surface area contributed by atoms with Crippen LogP contribution in [0.15, 0.2) is 30.9 Å². The van der Waals surface area contributed by atoms with E-state index >= 15 is 0 Å². The lowest BCUT2D eigenvalue weighted by atomic mass is 9.90. The number of ether oxygens (including phenoxy) is 4. The van der Waals surface area contributed by atoms with Gasteiger partial charge in [-0.15, -0.1) is 0 Å². The Kier molecular flexibility index (Phi) is 6.19. The second kappa shape index (κ2) is 8.97. The van der Waals surface area contributed by atoms with Crippen molar-refractivity contribution in [3.63, 3.8) is 0 Å². The van der Waals surface area contributed by atoms with Gasteiger partial charge in [0.15, 0.2) is 0 Å². The summed E-state index contributed by atoms with van der Waals surface area (Å²) >= 11 is 7.14. The molecule has 0 spiro atoms. The van der Waals surface area contributed by atoms with Crippen LogP contribution < -0.4 is 11.5 Å². The van der Waals surface area contributed by atoms with Crippen LogP contribution in [-0.2, 0) is 54.5 Å². The van der Waals surface area contributed by atoms with E-state index in [2.05, 4.69) is 31.9 Å². The van der Waals surface area contributed by atoms with Crippen LogP contribution in [0.1, 0.15) is 22.3 Å². The SMILES string of the molecule is Nc1ccc(S(=O)(=O)c2c(Br)c(N)c(CC3CO3)c(CC3CO3)c2CC2CO2)c(Br)c1CC1CO1. The highest BCUT2D eigenvalue weighted by Crippen LogP contribution is 2.45. The Hall–Kier alpha value is -1.21. The Morgan fingerprint density at radius 3 is 1.69 bits per heavy atom. The van der Waals surface area contributed by atoms with Crippen molar-refractivity contribution in [3.05, 3.63) is 43.3 Å². The van der Waals surface area contributed by atoms with E-state index in [4.69, 9.17) is 30.4 Å². The zero-order chi connectivity index (χ0) is 24.5. The number of hydrogen-bond donors (Lipinski definition) is 2. The lowest BCUT2D eigenvalue weighted by Gasteiger charge is -2.23. The molecule has 8 nitrogen and oxygen atoms in total. The number of rotatable bonds is 10. The van der Waals surface area contributed by atoms with E-state index in [0.29, 0.717) is 72.4 Å². The molecule has 0 radical (unpaired) electrons. The Morgan fingerprint density at radius 1 is 0.714 bits per heavy atom. The average molecular weight is 630 g/mol. The molecule has 0 amide bonds. The van der Waals surface area contributed by atoms with Gasteiger partial charge in [-0.25, -0.2) is 8.42 Å². The van der Waals surface area contributed by atoms with Gasteiger partial charge in [-0.05, 0) is 66.2 Å². The molecule has 0 bridgehead atoms. The van der Waals surface area contributed by atoms with Gasteiger partial charge in [0.1, 0.15) is 0 Å². The van der Waals surface area contributed by atoms with E-state index in [1.54, 1.807) is 12.1 Å². The quantitative estimate of drug-likeness (QED) is 0.302. The van der Waals surface area contributed by atoms with Crippen LogP contribution in [0.4, 0.5) is 11.4 Å². The summed E-state index contributed by atoms with van der Waals surface area (Å²) < 4.78 is 51.4. The number of anilines is 2. The molecule has 4 N–H and O–H groups in total. The Balaban J connectivity index is 1.54. The molecule has 4 fully saturated rings. The Bertz CT molecular complexity index is 1300. The normalized spacial score (nSPS) is 26.6. The molecule has 4 aliphatic heterocycles. The fraction of sp³-hybridized carbons (Fsp3) is 0.500. The first kappa shape index (κ1) is 24.1. The molecule has 4 aliphatic rings. The van der Waals surface area contributed by atoms with Crippen molar-refractivity contribution < 1.29 is 27.4 Å². The summed E-state index contributed by atoms with van der Waals surface area (Å²) in [5.74, 6) is 0. The minimum atomic E-state index is -3.99. The molecule has 188 valence electrons. The van der Waals surface area contributed by atoms with Gasteiger partial charge in [0, 0.05) is 35.8 Å². The lowest BCUT2D eigenvalue weighted by Crippen LogP contribution is -2.18. The van der Waals surface area contributed by atoms with Gasteiger partial charge < -0.3 is 30.4 Å². The van der Waals surface area contributed by atoms with Crippen molar-refractivity contribution in [2.24, 2.45) is 0 Å². The van der Waals surface area contributed by atoms with Crippen LogP contribution in [0, 0.1) is 0 Å². The Morgan fingerprint density at radius 2 is 1.17 bits per heavy atom. The van der Waals surface area contributed by atoms with Crippen molar-refractivity contribution in [2.75, 3.05) is 37.9 Å². The van der Waals surface area contributed by atoms with Gasteiger partial charge >= 0.3 is 0 Å². The van der Waals surface area contributed by atoms with Gasteiger partial charge in [-0.2, -0.15) is 0 Å². The number of hydrogen-bond acceptors (Lipinski definition) is 8. The summed E-state index contributed by atoms with van der Waals surface area (Å²) in [4.78, 5) is 0.355. The third kappa shape index (κ3) is 4.88. The smallest absolute Gasteiger partial charge is 0.209 e. The third-order valence-electron chi connectivity index (χ3n) is 6.90. The highest BCUT2D eigenvalue weighted by atomic mass is 79.9. The number of epoxide rings is 4. The van der Waals surface area contributed by atoms with Gasteiger partial charge in [0.25, 0.3) is 0 Å². The fourth-order valence-electron chi connectivity index (χ4n) is 4.64. The summed E-state index contributed by atoms with van der Waals surface area (Å²) in [7, 11) is -3.99. The van der Waals surface area contributed by atoms with Gasteiger partial charge in [-0.1, -0.05) is 0 Å². The predicted molar refractivity (Wildman–Crippen MR) is 136 cm³/mol. The molecule has 2 aromatic carbocycles. The average Bonchev–Trinajstić information content (AvgIpc) is 3.63. The first-order valence-electron chi connectivity index (χ1n) is 11.6. The van der Waals surface area contributed by atoms with Crippen molar-refractivity contribution in [2.45, 2.75) is 59.9 Å². The maximum Gasteiger partial charge on any atom is 0.209 e. The van der Waals surface area contributed by atoms with E-state index in [1.165, 1.54) is 0 Å². The van der Waals surface area contributed by atoms with E-state index in [9.17, 15) is 8.42 Å². The van der Waals surface area contributed by atoms with E-state index < -0.39 is 9.84 Å². The number of sulfone groups is 1. The standard InChI is InChI=1S/C24H26Br2N2O6S/c25-21-18(6-14-10-34-14)19(27)1-2-20(21)35(29,30)24-17(5-13-9-33-13)15(3-11-7-31-11)16(4-12-8-32-12)23(28)22(24)26/h1-2,11-14H,3-10,27-28H2. The van der Waals surface area contributed by atoms with Crippen molar-refractivity contribution in [3.8, 4) is 0 Å². The molecule has 35 heavy (non-hydrogen) atoms. The second-order valence-electron chi connectivity index (χ2n) is 9.58. The number of nitrogen functional groups attached to an aromatic ring is 2. The summed E-state index contributed by atoms with van der Waals surface area (Å²) in [6, 6.07) is 3.20. The minimum absolute atomic E-state index is 0.0131. The van der Waals surface area contributed by atoms with Crippen LogP contribution in [0.2, 0.25) is 0 Å². The second-order valence-corrected chi connectivity index (χ2v) is 13.0. The molecular weight excluding hydrogens is 604 g/mol. The highest BCUT2D eigenvalue weighted by molar-refractivity contribution is 9.11. The topological polar surface area (TPSA) is 136 Å². The van der Waals surface area contributed by atoms with Crippen LogP contribution >= 0.6 is 31.9 Å². The van der Waals surface area contributed by atoms with E-state index in [0.717, 1.165) is 22.3 Å². The lowest BCUT2D eigenvalue weighted by molar-refractivity contribution is 0.397. The first-order chi connectivity index (χ1) is 16.7. The summed E-state index contributed by atoms with van der Waals surface area (Å²) in [5, 5.41) is 0. The van der Waals surface area contributed by atoms with E-state index in [-0.39, 0.29) is 34.2 Å². The van der Waals surface area contributed by atoms with Crippen LogP contribution in [0.5, 0.6) is 0 Å². The molecule has 0 aliphatic carbocycles. The first-order valence-corrected chi connectivity index (χ1v) is 14.7. The zero-order valence-electron chi connectivity index (χ0n) is 18.9. The Labute approximate surface area is 220 Å². The summed E-state index contributed by atoms with van der Waals surface area (Å²) in [5.41, 5.74) is 17.2. The van der Waals surface area contributed by atoms with Crippen LogP contribution in [0.25, 0.3) is 0 Å². The molecule has 0 aromatic heterocycles. The van der Waals surface area contributed by atoms with Gasteiger partial charge in [-0.3, -0.25) is 0 Å². The summed E-state index contributed by atoms with van der Waals surface area (Å²) in [6.45, 7) is 2.60. The fourth-order valence-corrected chi connectivity index (χ4v) is 8.62. The van der Waals surface area contributed by atoms with Crippen LogP contribution in [0.3, 0.4) is 0 Å². The van der Waals surface area contributed by atoms with E-state index in [1.807, 2.05) is 0 Å². The maximum atomic E-state index is 14.3. The molecule has 0 saturated carbocycles. The van der Waals surface area contributed by atoms with Gasteiger partial charge in [0.05, 0.1) is 70.8 Å². The molecule has 11 heteroatoms. The van der Waals surface area contributed by atoms with Crippen molar-refractivity contribution in [1.29, 1.82) is 0 Å². The van der Waals surface area contributed by atoms with Crippen molar-refractivity contribution in [1.82, 2.24) is 0 Å². The minimum Gasteiger partial charge on any atom is -0.398 e. The number of nitrogens with two attached hydrogens (primary N) is 2. The number of benzene rings is 2. The van der Waals surface area contributed by atoms with Gasteiger partial charge in [0.2, 0.25) is 9.84 Å². The van der Waals surface area contributed by atoms with Crippen LogP contribution in [-0.4, -0.2) is 59.3 Å². The highest BCUT2D eigenvalue weighted by Gasteiger charge is 2.39. The molecule has 4 atom stereocenters. The summed E-state index contributed by atoms with van der Waals surface area (Å²) in [6.07, 6.45) is 2.51. The zero-order valence-corrected chi connectivity index (χ0v) is 22.9. The molecular formula is C24H26Br2N2O6S. The molecule has 2 aromatic rings. The molecule has 4 unspecified atom stereocenters. The van der Waals surface area contributed by atoms with Crippen molar-refractivity contribution >= 4 is 53.1 Å². The largest absolute Gasteiger partial charge is 0.398 e. The monoisotopic (exact) mass is 628 g/mol. The molecule has 6 rings (SSSR count). The third-order valence-corrected chi connectivity index (χ3v) is 11.1. The maximum absolute atomic E-state index is 14.3. The molecule has 4 heterocycles. The number of halogens is 2. The molecule has 4 saturated heterocycles.